The van der Waals surface area contributed by atoms with E-state index in [1.807, 2.05) is 6.92 Å². The number of halogens is 3. The minimum absolute atomic E-state index is 0.00269. The number of hydrogen-bond acceptors (Lipinski definition) is 4. The summed E-state index contributed by atoms with van der Waals surface area (Å²) in [5.41, 5.74) is 1.29. The van der Waals surface area contributed by atoms with Crippen LogP contribution in [0.15, 0.2) is 12.1 Å². The van der Waals surface area contributed by atoms with Crippen LogP contribution in [0.5, 0.6) is 0 Å². The van der Waals surface area contributed by atoms with Gasteiger partial charge < -0.3 is 10.7 Å². The SMILES string of the molecule is CCC1(Nc2cc(C(F)(F)F)cc(NN)n2)CCC1. The molecule has 0 amide bonds. The molecule has 2 rings (SSSR count). The van der Waals surface area contributed by atoms with Crippen LogP contribution in [-0.4, -0.2) is 10.5 Å². The topological polar surface area (TPSA) is 63.0 Å². The Morgan fingerprint density at radius 2 is 1.95 bits per heavy atom. The lowest BCUT2D eigenvalue weighted by Gasteiger charge is -2.42. The highest BCUT2D eigenvalue weighted by atomic mass is 19.4. The second-order valence-electron chi connectivity index (χ2n) is 4.88. The Morgan fingerprint density at radius 3 is 2.37 bits per heavy atom. The van der Waals surface area contributed by atoms with E-state index in [4.69, 9.17) is 5.84 Å². The van der Waals surface area contributed by atoms with Crippen LogP contribution in [0, 0.1) is 0 Å². The Hall–Kier alpha value is -1.50. The highest BCUT2D eigenvalue weighted by molar-refractivity contribution is 5.50. The van der Waals surface area contributed by atoms with Crippen molar-refractivity contribution in [1.29, 1.82) is 0 Å². The van der Waals surface area contributed by atoms with E-state index in [0.29, 0.717) is 0 Å². The third kappa shape index (κ3) is 2.91. The van der Waals surface area contributed by atoms with Crippen LogP contribution in [0.25, 0.3) is 0 Å². The molecule has 1 aliphatic carbocycles. The van der Waals surface area contributed by atoms with E-state index in [-0.39, 0.29) is 17.2 Å². The molecule has 106 valence electrons. The fraction of sp³-hybridized carbons (Fsp3) is 0.583. The molecule has 1 aliphatic rings. The van der Waals surface area contributed by atoms with Crippen LogP contribution in [0.2, 0.25) is 0 Å². The lowest BCUT2D eigenvalue weighted by Crippen LogP contribution is -2.44. The summed E-state index contributed by atoms with van der Waals surface area (Å²) in [5.74, 6) is 5.38. The minimum atomic E-state index is -4.41. The van der Waals surface area contributed by atoms with Gasteiger partial charge in [0.2, 0.25) is 0 Å². The molecule has 1 fully saturated rings. The Balaban J connectivity index is 2.29. The van der Waals surface area contributed by atoms with Gasteiger partial charge >= 0.3 is 6.18 Å². The van der Waals surface area contributed by atoms with E-state index in [1.54, 1.807) is 0 Å². The van der Waals surface area contributed by atoms with Gasteiger partial charge in [-0.25, -0.2) is 10.8 Å². The van der Waals surface area contributed by atoms with Crippen LogP contribution in [0.3, 0.4) is 0 Å². The molecule has 0 unspecified atom stereocenters. The number of pyridine rings is 1. The molecule has 4 N–H and O–H groups in total. The third-order valence-electron chi connectivity index (χ3n) is 3.68. The molecule has 1 aromatic rings. The monoisotopic (exact) mass is 274 g/mol. The molecule has 0 bridgehead atoms. The van der Waals surface area contributed by atoms with Crippen LogP contribution < -0.4 is 16.6 Å². The fourth-order valence-corrected chi connectivity index (χ4v) is 2.27. The normalized spacial score (nSPS) is 17.7. The number of alkyl halides is 3. The van der Waals surface area contributed by atoms with Gasteiger partial charge in [-0.1, -0.05) is 6.92 Å². The smallest absolute Gasteiger partial charge is 0.365 e. The quantitative estimate of drug-likeness (QED) is 0.583. The molecule has 0 radical (unpaired) electrons. The molecule has 0 aromatic carbocycles. The summed E-state index contributed by atoms with van der Waals surface area (Å²) >= 11 is 0. The predicted molar refractivity (Wildman–Crippen MR) is 67.5 cm³/mol. The first kappa shape index (κ1) is 13.9. The molecular weight excluding hydrogens is 257 g/mol. The lowest BCUT2D eigenvalue weighted by molar-refractivity contribution is -0.137. The number of nitrogen functional groups attached to an aromatic ring is 1. The predicted octanol–water partition coefficient (Wildman–Crippen LogP) is 3.13. The zero-order valence-corrected chi connectivity index (χ0v) is 10.6. The molecule has 0 spiro atoms. The van der Waals surface area contributed by atoms with Gasteiger partial charge in [0.1, 0.15) is 11.6 Å². The van der Waals surface area contributed by atoms with Gasteiger partial charge in [-0.3, -0.25) is 0 Å². The van der Waals surface area contributed by atoms with E-state index < -0.39 is 11.7 Å². The molecule has 0 aliphatic heterocycles. The summed E-state index contributed by atoms with van der Waals surface area (Å²) < 4.78 is 38.3. The number of nitrogens with one attached hydrogen (secondary N) is 2. The molecule has 7 heteroatoms. The number of nitrogens with two attached hydrogens (primary N) is 1. The summed E-state index contributed by atoms with van der Waals surface area (Å²) in [4.78, 5) is 4.03. The Bertz CT molecular complexity index is 449. The maximum Gasteiger partial charge on any atom is 0.416 e. The van der Waals surface area contributed by atoms with Crippen molar-refractivity contribution < 1.29 is 13.2 Å². The second kappa shape index (κ2) is 4.88. The van der Waals surface area contributed by atoms with Gasteiger partial charge in [-0.2, -0.15) is 13.2 Å². The Kier molecular flexibility index (Phi) is 3.58. The second-order valence-corrected chi connectivity index (χ2v) is 4.88. The van der Waals surface area contributed by atoms with Crippen LogP contribution >= 0.6 is 0 Å². The zero-order chi connectivity index (χ0) is 14.1. The van der Waals surface area contributed by atoms with Crippen molar-refractivity contribution in [3.63, 3.8) is 0 Å². The molecule has 19 heavy (non-hydrogen) atoms. The van der Waals surface area contributed by atoms with Gasteiger partial charge in [0.15, 0.2) is 0 Å². The first-order valence-corrected chi connectivity index (χ1v) is 6.23. The van der Waals surface area contributed by atoms with Crippen molar-refractivity contribution in [1.82, 2.24) is 4.98 Å². The van der Waals surface area contributed by atoms with Gasteiger partial charge in [-0.05, 0) is 37.8 Å². The molecule has 1 heterocycles. The molecular formula is C12H17F3N4. The van der Waals surface area contributed by atoms with E-state index in [9.17, 15) is 13.2 Å². The number of aromatic nitrogens is 1. The maximum absolute atomic E-state index is 12.8. The average Bonchev–Trinajstić information content (AvgIpc) is 2.32. The van der Waals surface area contributed by atoms with Crippen molar-refractivity contribution in [2.75, 3.05) is 10.7 Å². The highest BCUT2D eigenvalue weighted by Crippen LogP contribution is 2.39. The summed E-state index contributed by atoms with van der Waals surface area (Å²) in [7, 11) is 0. The first-order valence-electron chi connectivity index (χ1n) is 6.23. The van der Waals surface area contributed by atoms with Crippen LogP contribution in [-0.2, 0) is 6.18 Å². The first-order chi connectivity index (χ1) is 8.88. The molecule has 0 atom stereocenters. The number of nitrogens with zero attached hydrogens (tertiary/aromatic N) is 1. The Labute approximate surface area is 109 Å². The van der Waals surface area contributed by atoms with Gasteiger partial charge in [-0.15, -0.1) is 0 Å². The van der Waals surface area contributed by atoms with Crippen LogP contribution in [0.1, 0.15) is 38.2 Å². The highest BCUT2D eigenvalue weighted by Gasteiger charge is 2.36. The van der Waals surface area contributed by atoms with Gasteiger partial charge in [0.05, 0.1) is 5.56 Å². The summed E-state index contributed by atoms with van der Waals surface area (Å²) in [6, 6.07) is 1.92. The van der Waals surface area contributed by atoms with E-state index in [0.717, 1.165) is 37.8 Å². The van der Waals surface area contributed by atoms with Crippen LogP contribution in [0.4, 0.5) is 24.8 Å². The van der Waals surface area contributed by atoms with E-state index in [2.05, 4.69) is 15.7 Å². The molecule has 1 aromatic heterocycles. The average molecular weight is 274 g/mol. The number of anilines is 2. The van der Waals surface area contributed by atoms with Crippen molar-refractivity contribution in [2.45, 2.75) is 44.3 Å². The van der Waals surface area contributed by atoms with Crippen molar-refractivity contribution >= 4 is 11.6 Å². The third-order valence-corrected chi connectivity index (χ3v) is 3.68. The fourth-order valence-electron chi connectivity index (χ4n) is 2.27. The lowest BCUT2D eigenvalue weighted by atomic mass is 9.75. The largest absolute Gasteiger partial charge is 0.416 e. The Morgan fingerprint density at radius 1 is 1.32 bits per heavy atom. The molecule has 4 nitrogen and oxygen atoms in total. The molecule has 0 saturated heterocycles. The van der Waals surface area contributed by atoms with Crippen molar-refractivity contribution in [3.05, 3.63) is 17.7 Å². The maximum atomic E-state index is 12.8. The standard InChI is InChI=1S/C12H17F3N4/c1-2-11(4-3-5-11)18-9-6-8(12(13,14)15)7-10(17-9)19-16/h6-7H,2-5,16H2,1H3,(H2,17,18,19). The number of hydrazine groups is 1. The van der Waals surface area contributed by atoms with Gasteiger partial charge in [0.25, 0.3) is 0 Å². The van der Waals surface area contributed by atoms with E-state index >= 15 is 0 Å². The van der Waals surface area contributed by atoms with E-state index in [1.165, 1.54) is 0 Å². The van der Waals surface area contributed by atoms with Gasteiger partial charge in [0, 0.05) is 5.54 Å². The summed E-state index contributed by atoms with van der Waals surface area (Å²) in [5, 5.41) is 3.12. The summed E-state index contributed by atoms with van der Waals surface area (Å²) in [6.45, 7) is 2.02. The van der Waals surface area contributed by atoms with Crippen molar-refractivity contribution in [3.8, 4) is 0 Å². The minimum Gasteiger partial charge on any atom is -0.365 e. The molecule has 1 saturated carbocycles. The number of rotatable bonds is 4. The zero-order valence-electron chi connectivity index (χ0n) is 10.6. The van der Waals surface area contributed by atoms with Crippen molar-refractivity contribution in [2.24, 2.45) is 5.84 Å². The summed E-state index contributed by atoms with van der Waals surface area (Å²) in [6.07, 6.45) is -0.568. The number of hydrogen-bond donors (Lipinski definition) is 3.